The highest BCUT2D eigenvalue weighted by atomic mass is 19.1. The van der Waals surface area contributed by atoms with Crippen LogP contribution in [-0.4, -0.2) is 48.9 Å². The van der Waals surface area contributed by atoms with Crippen LogP contribution < -0.4 is 20.9 Å². The maximum atomic E-state index is 13.5. The molecule has 3 N–H and O–H groups in total. The smallest absolute Gasteiger partial charge is 0.321 e. The standard InChI is InChI=1S/C34H34FN5O3/c1-23-6-10-26(11-7-23)32(41)37-29-14-15-31(30(21-29)33(42)36-22-25-8-12-27(35)13-9-25)39-16-18-40(19-17-39)34(43)38-28-5-3-4-24(2)20-28/h3-15,20-21H,16-19,22H2,1-2H3,(H,36,42)(H,37,41)(H,38,43). The summed E-state index contributed by atoms with van der Waals surface area (Å²) in [5, 5.41) is 8.76. The van der Waals surface area contributed by atoms with Gasteiger partial charge in [-0.05, 0) is 79.6 Å². The minimum atomic E-state index is -0.346. The molecular weight excluding hydrogens is 545 g/mol. The van der Waals surface area contributed by atoms with E-state index >= 15 is 0 Å². The normalized spacial score (nSPS) is 12.9. The van der Waals surface area contributed by atoms with Crippen LogP contribution in [0, 0.1) is 19.7 Å². The summed E-state index contributed by atoms with van der Waals surface area (Å²) >= 11 is 0. The fourth-order valence-corrected chi connectivity index (χ4v) is 4.94. The van der Waals surface area contributed by atoms with E-state index in [0.29, 0.717) is 48.7 Å². The van der Waals surface area contributed by atoms with Crippen molar-refractivity contribution in [3.8, 4) is 0 Å². The molecule has 0 aromatic heterocycles. The summed E-state index contributed by atoms with van der Waals surface area (Å²) in [4.78, 5) is 43.1. The Morgan fingerprint density at radius 3 is 2.12 bits per heavy atom. The van der Waals surface area contributed by atoms with Gasteiger partial charge in [0.15, 0.2) is 0 Å². The minimum absolute atomic E-state index is 0.170. The predicted octanol–water partition coefficient (Wildman–Crippen LogP) is 5.98. The van der Waals surface area contributed by atoms with Gasteiger partial charge in [0.05, 0.1) is 5.56 Å². The zero-order valence-electron chi connectivity index (χ0n) is 24.2. The van der Waals surface area contributed by atoms with Crippen LogP contribution in [0.4, 0.5) is 26.2 Å². The van der Waals surface area contributed by atoms with E-state index in [9.17, 15) is 18.8 Å². The molecule has 4 amide bonds. The van der Waals surface area contributed by atoms with Crippen molar-refractivity contribution in [2.45, 2.75) is 20.4 Å². The number of piperazine rings is 1. The summed E-state index contributed by atoms with van der Waals surface area (Å²) in [6, 6.07) is 25.9. The molecule has 5 rings (SSSR count). The number of carbonyl (C=O) groups is 3. The van der Waals surface area contributed by atoms with E-state index in [0.717, 1.165) is 22.4 Å². The van der Waals surface area contributed by atoms with Crippen molar-refractivity contribution in [1.29, 1.82) is 0 Å². The molecule has 1 saturated heterocycles. The number of amides is 4. The summed E-state index contributed by atoms with van der Waals surface area (Å²) in [7, 11) is 0. The van der Waals surface area contributed by atoms with Crippen LogP contribution in [0.3, 0.4) is 0 Å². The number of nitrogens with one attached hydrogen (secondary N) is 3. The zero-order chi connectivity index (χ0) is 30.3. The van der Waals surface area contributed by atoms with Gasteiger partial charge in [-0.15, -0.1) is 0 Å². The van der Waals surface area contributed by atoms with Crippen LogP contribution >= 0.6 is 0 Å². The lowest BCUT2D eigenvalue weighted by atomic mass is 10.1. The first kappa shape index (κ1) is 29.3. The maximum Gasteiger partial charge on any atom is 0.321 e. The van der Waals surface area contributed by atoms with Gasteiger partial charge in [0.2, 0.25) is 0 Å². The van der Waals surface area contributed by atoms with Crippen LogP contribution in [0.5, 0.6) is 0 Å². The molecule has 0 spiro atoms. The largest absolute Gasteiger partial charge is 0.367 e. The molecule has 8 nitrogen and oxygen atoms in total. The first-order valence-corrected chi connectivity index (χ1v) is 14.2. The van der Waals surface area contributed by atoms with Crippen molar-refractivity contribution in [1.82, 2.24) is 10.2 Å². The Hall–Kier alpha value is -5.18. The molecule has 0 unspecified atom stereocenters. The quantitative estimate of drug-likeness (QED) is 0.251. The van der Waals surface area contributed by atoms with Gasteiger partial charge in [-0.1, -0.05) is 42.0 Å². The van der Waals surface area contributed by atoms with Gasteiger partial charge < -0.3 is 25.8 Å². The number of carbonyl (C=O) groups excluding carboxylic acids is 3. The third-order valence-electron chi connectivity index (χ3n) is 7.36. The molecular formula is C34H34FN5O3. The lowest BCUT2D eigenvalue weighted by molar-refractivity contribution is 0.0949. The van der Waals surface area contributed by atoms with Gasteiger partial charge in [0.1, 0.15) is 5.82 Å². The predicted molar refractivity (Wildman–Crippen MR) is 167 cm³/mol. The van der Waals surface area contributed by atoms with Crippen molar-refractivity contribution >= 4 is 34.9 Å². The Morgan fingerprint density at radius 2 is 1.42 bits per heavy atom. The Balaban J connectivity index is 1.31. The van der Waals surface area contributed by atoms with Crippen molar-refractivity contribution in [3.05, 3.63) is 125 Å². The maximum absolute atomic E-state index is 13.5. The number of halogens is 1. The lowest BCUT2D eigenvalue weighted by Crippen LogP contribution is -2.50. The number of hydrogen-bond acceptors (Lipinski definition) is 4. The molecule has 1 aliphatic heterocycles. The first-order valence-electron chi connectivity index (χ1n) is 14.2. The number of benzene rings is 4. The van der Waals surface area contributed by atoms with Crippen LogP contribution in [0.15, 0.2) is 91.0 Å². The number of nitrogens with zero attached hydrogens (tertiary/aromatic N) is 2. The summed E-state index contributed by atoms with van der Waals surface area (Å²) in [5.41, 5.74) is 5.70. The number of hydrogen-bond donors (Lipinski definition) is 3. The topological polar surface area (TPSA) is 93.8 Å². The van der Waals surface area contributed by atoms with Crippen LogP contribution in [0.25, 0.3) is 0 Å². The second-order valence-electron chi connectivity index (χ2n) is 10.6. The van der Waals surface area contributed by atoms with E-state index in [1.165, 1.54) is 12.1 Å². The third-order valence-corrected chi connectivity index (χ3v) is 7.36. The average molecular weight is 580 g/mol. The van der Waals surface area contributed by atoms with Gasteiger partial charge in [0, 0.05) is 55.3 Å². The highest BCUT2D eigenvalue weighted by molar-refractivity contribution is 6.06. The first-order chi connectivity index (χ1) is 20.7. The summed E-state index contributed by atoms with van der Waals surface area (Å²) in [5.74, 6) is -0.954. The summed E-state index contributed by atoms with van der Waals surface area (Å²) in [6.07, 6.45) is 0. The van der Waals surface area contributed by atoms with Gasteiger partial charge in [-0.2, -0.15) is 0 Å². The van der Waals surface area contributed by atoms with E-state index in [-0.39, 0.29) is 30.2 Å². The lowest BCUT2D eigenvalue weighted by Gasteiger charge is -2.37. The van der Waals surface area contributed by atoms with Gasteiger partial charge in [-0.25, -0.2) is 9.18 Å². The Labute approximate surface area is 250 Å². The van der Waals surface area contributed by atoms with E-state index in [1.54, 1.807) is 41.3 Å². The zero-order valence-corrected chi connectivity index (χ0v) is 24.2. The number of rotatable bonds is 7. The molecule has 1 heterocycles. The second kappa shape index (κ2) is 13.2. The van der Waals surface area contributed by atoms with Crippen molar-refractivity contribution in [2.24, 2.45) is 0 Å². The summed E-state index contributed by atoms with van der Waals surface area (Å²) < 4.78 is 13.3. The molecule has 0 radical (unpaired) electrons. The second-order valence-corrected chi connectivity index (χ2v) is 10.6. The molecule has 0 saturated carbocycles. The minimum Gasteiger partial charge on any atom is -0.367 e. The average Bonchev–Trinajstić information content (AvgIpc) is 3.01. The van der Waals surface area contributed by atoms with Gasteiger partial charge in [0.25, 0.3) is 11.8 Å². The monoisotopic (exact) mass is 579 g/mol. The molecule has 0 atom stereocenters. The van der Waals surface area contributed by atoms with Crippen LogP contribution in [0.2, 0.25) is 0 Å². The molecule has 4 aromatic carbocycles. The fraction of sp³-hybridized carbons (Fsp3) is 0.206. The van der Waals surface area contributed by atoms with Crippen LogP contribution in [0.1, 0.15) is 37.4 Å². The van der Waals surface area contributed by atoms with E-state index in [1.807, 2.05) is 56.3 Å². The van der Waals surface area contributed by atoms with Crippen molar-refractivity contribution in [3.63, 3.8) is 0 Å². The number of urea groups is 1. The molecule has 220 valence electrons. The Morgan fingerprint density at radius 1 is 0.721 bits per heavy atom. The van der Waals surface area contributed by atoms with Crippen LogP contribution in [-0.2, 0) is 6.54 Å². The highest BCUT2D eigenvalue weighted by Crippen LogP contribution is 2.27. The highest BCUT2D eigenvalue weighted by Gasteiger charge is 2.25. The molecule has 1 fully saturated rings. The fourth-order valence-electron chi connectivity index (χ4n) is 4.94. The van der Waals surface area contributed by atoms with Crippen molar-refractivity contribution < 1.29 is 18.8 Å². The Kier molecular flexibility index (Phi) is 9.00. The number of anilines is 3. The van der Waals surface area contributed by atoms with E-state index in [2.05, 4.69) is 20.9 Å². The molecule has 0 aliphatic carbocycles. The Bertz CT molecular complexity index is 1610. The van der Waals surface area contributed by atoms with Crippen molar-refractivity contribution in [2.75, 3.05) is 41.7 Å². The van der Waals surface area contributed by atoms with Gasteiger partial charge in [-0.3, -0.25) is 9.59 Å². The van der Waals surface area contributed by atoms with E-state index < -0.39 is 0 Å². The SMILES string of the molecule is Cc1ccc(C(=O)Nc2ccc(N3CCN(C(=O)Nc4cccc(C)c4)CC3)c(C(=O)NCc3ccc(F)cc3)c2)cc1. The molecule has 0 bridgehead atoms. The molecule has 4 aromatic rings. The molecule has 43 heavy (non-hydrogen) atoms. The summed E-state index contributed by atoms with van der Waals surface area (Å²) in [6.45, 7) is 6.13. The van der Waals surface area contributed by atoms with Gasteiger partial charge >= 0.3 is 6.03 Å². The molecule has 1 aliphatic rings. The third kappa shape index (κ3) is 7.56. The molecule has 9 heteroatoms. The van der Waals surface area contributed by atoms with E-state index in [4.69, 9.17) is 0 Å². The number of aryl methyl sites for hydroxylation is 2.